The molecule has 0 aliphatic rings. The third-order valence-electron chi connectivity index (χ3n) is 2.00. The minimum Gasteiger partial charge on any atom is -0.497 e. The summed E-state index contributed by atoms with van der Waals surface area (Å²) in [5.41, 5.74) is 1.26. The molecule has 0 saturated carbocycles. The zero-order valence-electron chi connectivity index (χ0n) is 7.93. The van der Waals surface area contributed by atoms with Crippen molar-refractivity contribution in [1.29, 1.82) is 0 Å². The van der Waals surface area contributed by atoms with Gasteiger partial charge < -0.3 is 4.74 Å². The van der Waals surface area contributed by atoms with Gasteiger partial charge in [-0.1, -0.05) is 12.1 Å². The van der Waals surface area contributed by atoms with E-state index < -0.39 is 0 Å². The Hall–Kier alpha value is -1.35. The molecule has 0 fully saturated rings. The molecular formula is C11H11NOS. The van der Waals surface area contributed by atoms with Crippen LogP contribution in [0.4, 0.5) is 0 Å². The molecule has 0 amide bonds. The number of rotatable bonds is 3. The van der Waals surface area contributed by atoms with Crippen molar-refractivity contribution in [2.24, 2.45) is 0 Å². The Morgan fingerprint density at radius 2 is 2.07 bits per heavy atom. The van der Waals surface area contributed by atoms with Gasteiger partial charge in [-0.2, -0.15) is 0 Å². The molecular weight excluding hydrogens is 194 g/mol. The number of hydrogen-bond donors (Lipinski definition) is 0. The molecule has 0 unspecified atom stereocenters. The predicted molar refractivity (Wildman–Crippen MR) is 57.9 cm³/mol. The molecule has 2 nitrogen and oxygen atoms in total. The summed E-state index contributed by atoms with van der Waals surface area (Å²) in [6, 6.07) is 8.09. The first-order valence-electron chi connectivity index (χ1n) is 4.40. The maximum atomic E-state index is 5.09. The lowest BCUT2D eigenvalue weighted by Crippen LogP contribution is -1.87. The molecule has 0 radical (unpaired) electrons. The van der Waals surface area contributed by atoms with E-state index in [0.717, 1.165) is 17.2 Å². The zero-order chi connectivity index (χ0) is 9.80. The van der Waals surface area contributed by atoms with Gasteiger partial charge in [-0.3, -0.25) is 0 Å². The predicted octanol–water partition coefficient (Wildman–Crippen LogP) is 2.74. The topological polar surface area (TPSA) is 22.1 Å². The van der Waals surface area contributed by atoms with Crippen LogP contribution in [0.2, 0.25) is 0 Å². The Morgan fingerprint density at radius 3 is 2.64 bits per heavy atom. The molecule has 1 aromatic heterocycles. The lowest BCUT2D eigenvalue weighted by atomic mass is 10.1. The van der Waals surface area contributed by atoms with Gasteiger partial charge in [0.15, 0.2) is 0 Å². The fraction of sp³-hybridized carbons (Fsp3) is 0.182. The molecule has 0 atom stereocenters. The van der Waals surface area contributed by atoms with Crippen LogP contribution in [0.15, 0.2) is 35.8 Å². The minimum absolute atomic E-state index is 0.896. The van der Waals surface area contributed by atoms with E-state index in [0.29, 0.717) is 0 Å². The van der Waals surface area contributed by atoms with E-state index in [1.165, 1.54) is 5.56 Å². The van der Waals surface area contributed by atoms with Crippen LogP contribution in [0.5, 0.6) is 5.75 Å². The van der Waals surface area contributed by atoms with Crippen molar-refractivity contribution in [3.05, 3.63) is 46.4 Å². The first-order valence-corrected chi connectivity index (χ1v) is 5.28. The second-order valence-corrected chi connectivity index (χ2v) is 3.93. The van der Waals surface area contributed by atoms with Crippen LogP contribution in [0.3, 0.4) is 0 Å². The quantitative estimate of drug-likeness (QED) is 0.768. The molecule has 2 aromatic rings. The van der Waals surface area contributed by atoms with Crippen LogP contribution >= 0.6 is 11.3 Å². The first-order chi connectivity index (χ1) is 6.88. The van der Waals surface area contributed by atoms with Gasteiger partial charge in [-0.25, -0.2) is 4.98 Å². The van der Waals surface area contributed by atoms with E-state index in [4.69, 9.17) is 4.74 Å². The third kappa shape index (κ3) is 2.12. The van der Waals surface area contributed by atoms with Crippen molar-refractivity contribution in [1.82, 2.24) is 4.98 Å². The summed E-state index contributed by atoms with van der Waals surface area (Å²) in [6.45, 7) is 0. The lowest BCUT2D eigenvalue weighted by molar-refractivity contribution is 0.414. The number of methoxy groups -OCH3 is 1. The Bertz CT molecular complexity index is 380. The van der Waals surface area contributed by atoms with Crippen LogP contribution < -0.4 is 4.74 Å². The minimum atomic E-state index is 0.896. The van der Waals surface area contributed by atoms with Crippen LogP contribution in [-0.4, -0.2) is 12.1 Å². The molecule has 3 heteroatoms. The van der Waals surface area contributed by atoms with E-state index >= 15 is 0 Å². The summed E-state index contributed by atoms with van der Waals surface area (Å²) >= 11 is 1.69. The normalized spacial score (nSPS) is 10.1. The van der Waals surface area contributed by atoms with Crippen LogP contribution in [-0.2, 0) is 6.42 Å². The van der Waals surface area contributed by atoms with Crippen LogP contribution in [0.1, 0.15) is 10.6 Å². The molecule has 0 spiro atoms. The van der Waals surface area contributed by atoms with Gasteiger partial charge >= 0.3 is 0 Å². The average molecular weight is 205 g/mol. The molecule has 2 rings (SSSR count). The van der Waals surface area contributed by atoms with E-state index in [9.17, 15) is 0 Å². The van der Waals surface area contributed by atoms with Gasteiger partial charge in [-0.05, 0) is 17.7 Å². The third-order valence-corrected chi connectivity index (χ3v) is 2.78. The summed E-state index contributed by atoms with van der Waals surface area (Å²) in [7, 11) is 1.68. The summed E-state index contributed by atoms with van der Waals surface area (Å²) < 4.78 is 5.09. The van der Waals surface area contributed by atoms with E-state index in [2.05, 4.69) is 17.1 Å². The fourth-order valence-electron chi connectivity index (χ4n) is 1.26. The molecule has 72 valence electrons. The number of thiazole rings is 1. The van der Waals surface area contributed by atoms with Crippen molar-refractivity contribution in [2.45, 2.75) is 6.42 Å². The molecule has 0 bridgehead atoms. The molecule has 0 aliphatic heterocycles. The number of ether oxygens (including phenoxy) is 1. The van der Waals surface area contributed by atoms with Crippen LogP contribution in [0.25, 0.3) is 0 Å². The standard InChI is InChI=1S/C11H11NOS/c1-13-10-4-2-9(3-5-10)8-11-12-6-7-14-11/h2-7H,8H2,1H3. The number of benzene rings is 1. The highest BCUT2D eigenvalue weighted by atomic mass is 32.1. The second-order valence-electron chi connectivity index (χ2n) is 2.95. The highest BCUT2D eigenvalue weighted by molar-refractivity contribution is 7.09. The highest BCUT2D eigenvalue weighted by Crippen LogP contribution is 2.15. The first kappa shape index (κ1) is 9.21. The van der Waals surface area contributed by atoms with Crippen molar-refractivity contribution in [2.75, 3.05) is 7.11 Å². The second kappa shape index (κ2) is 4.24. The summed E-state index contributed by atoms with van der Waals surface area (Å²) in [5.74, 6) is 0.896. The molecule has 0 aliphatic carbocycles. The molecule has 0 N–H and O–H groups in total. The van der Waals surface area contributed by atoms with Crippen molar-refractivity contribution < 1.29 is 4.74 Å². The monoisotopic (exact) mass is 205 g/mol. The zero-order valence-corrected chi connectivity index (χ0v) is 8.75. The summed E-state index contributed by atoms with van der Waals surface area (Å²) in [6.07, 6.45) is 2.74. The number of nitrogens with zero attached hydrogens (tertiary/aromatic N) is 1. The van der Waals surface area contributed by atoms with Gasteiger partial charge in [0.2, 0.25) is 0 Å². The highest BCUT2D eigenvalue weighted by Gasteiger charge is 1.98. The number of hydrogen-bond acceptors (Lipinski definition) is 3. The molecule has 0 saturated heterocycles. The van der Waals surface area contributed by atoms with E-state index in [1.54, 1.807) is 18.4 Å². The van der Waals surface area contributed by atoms with Gasteiger partial charge in [0.05, 0.1) is 12.1 Å². The van der Waals surface area contributed by atoms with Gasteiger partial charge in [-0.15, -0.1) is 11.3 Å². The molecule has 1 heterocycles. The van der Waals surface area contributed by atoms with Gasteiger partial charge in [0, 0.05) is 18.0 Å². The Labute approximate surface area is 87.2 Å². The smallest absolute Gasteiger partial charge is 0.118 e. The Kier molecular flexibility index (Phi) is 2.79. The van der Waals surface area contributed by atoms with E-state index in [1.807, 2.05) is 23.7 Å². The maximum Gasteiger partial charge on any atom is 0.118 e. The maximum absolute atomic E-state index is 5.09. The largest absolute Gasteiger partial charge is 0.497 e. The lowest BCUT2D eigenvalue weighted by Gasteiger charge is -2.01. The van der Waals surface area contributed by atoms with Gasteiger partial charge in [0.25, 0.3) is 0 Å². The van der Waals surface area contributed by atoms with Crippen molar-refractivity contribution in [3.8, 4) is 5.75 Å². The van der Waals surface area contributed by atoms with Crippen molar-refractivity contribution in [3.63, 3.8) is 0 Å². The average Bonchev–Trinajstić information content (AvgIpc) is 2.72. The van der Waals surface area contributed by atoms with E-state index in [-0.39, 0.29) is 0 Å². The Balaban J connectivity index is 2.10. The summed E-state index contributed by atoms with van der Waals surface area (Å²) in [4.78, 5) is 4.24. The fourth-order valence-corrected chi connectivity index (χ4v) is 1.91. The SMILES string of the molecule is COc1ccc(Cc2nccs2)cc1. The van der Waals surface area contributed by atoms with Crippen LogP contribution in [0, 0.1) is 0 Å². The number of aromatic nitrogens is 1. The van der Waals surface area contributed by atoms with Crippen molar-refractivity contribution >= 4 is 11.3 Å². The Morgan fingerprint density at radius 1 is 1.29 bits per heavy atom. The summed E-state index contributed by atoms with van der Waals surface area (Å²) in [5, 5.41) is 3.15. The van der Waals surface area contributed by atoms with Gasteiger partial charge in [0.1, 0.15) is 5.75 Å². The molecule has 14 heavy (non-hydrogen) atoms. The molecule has 1 aromatic carbocycles.